The summed E-state index contributed by atoms with van der Waals surface area (Å²) in [5.74, 6) is 4.26. The standard InChI is InChI=1S/C15H24O2.C15H26O.3ClH.Ru/c1-13(2)9(6-11-8-15(11,13)4)5-10-7-14(10,3)12(16)17;1-13(2)10(6-12-8-15(12,13)4)5-11-7-14(11,3)9-16;;;;/h9-11H,5-8H2,1-4H3,(H,16,17);10-12,16H,5-9H2,1-4H3;3*1H;/q;;;;;+3/p-3. The zero-order chi connectivity index (χ0) is 28.0. The van der Waals surface area contributed by atoms with Gasteiger partial charge in [0.15, 0.2) is 0 Å². The summed E-state index contributed by atoms with van der Waals surface area (Å²) in [6.07, 6.45) is 10.3. The van der Waals surface area contributed by atoms with Crippen LogP contribution in [-0.2, 0) is 17.8 Å². The number of hydrogen-bond acceptors (Lipinski definition) is 2. The molecule has 0 radical (unpaired) electrons. The van der Waals surface area contributed by atoms with Gasteiger partial charge in [0.05, 0.1) is 5.41 Å². The Morgan fingerprint density at radius 2 is 1.14 bits per heavy atom. The monoisotopic (exact) mass is 665 g/mol. The van der Waals surface area contributed by atoms with Gasteiger partial charge < -0.3 is 10.2 Å². The van der Waals surface area contributed by atoms with Gasteiger partial charge in [0.25, 0.3) is 0 Å². The molecule has 2 N–H and O–H groups in total. The second-order valence-electron chi connectivity index (χ2n) is 15.9. The van der Waals surface area contributed by atoms with E-state index < -0.39 is 24.4 Å². The first-order chi connectivity index (χ1) is 16.8. The predicted octanol–water partition coefficient (Wildman–Crippen LogP) is 9.09. The van der Waals surface area contributed by atoms with Gasteiger partial charge in [0.1, 0.15) is 0 Å². The SMILES string of the molecule is CC1(C(=O)O)CC1CC1CC2CC2(C)C1(C)C.CC1(CO)CC1CC1CC2CC2(C)C1(C)C.[Cl][Ru]([Cl])[Cl]. The predicted molar refractivity (Wildman–Crippen MR) is 150 cm³/mol. The van der Waals surface area contributed by atoms with Crippen LogP contribution in [0.3, 0.4) is 0 Å². The minimum atomic E-state index is -1.75. The molecule has 0 spiro atoms. The zero-order valence-corrected chi connectivity index (χ0v) is 28.1. The molecule has 3 nitrogen and oxygen atoms in total. The van der Waals surface area contributed by atoms with Crippen molar-refractivity contribution in [2.75, 3.05) is 6.61 Å². The van der Waals surface area contributed by atoms with Crippen molar-refractivity contribution in [2.24, 2.45) is 68.0 Å². The van der Waals surface area contributed by atoms with E-state index in [4.69, 9.17) is 29.1 Å². The van der Waals surface area contributed by atoms with Crippen LogP contribution in [0.25, 0.3) is 0 Å². The third-order valence-corrected chi connectivity index (χ3v) is 13.9. The van der Waals surface area contributed by atoms with Crippen molar-refractivity contribution in [2.45, 2.75) is 107 Å². The van der Waals surface area contributed by atoms with Crippen molar-refractivity contribution in [1.82, 2.24) is 0 Å². The molecular formula is C30H50Cl3O3Ru. The van der Waals surface area contributed by atoms with Gasteiger partial charge in [-0.3, -0.25) is 4.79 Å². The molecule has 0 aliphatic heterocycles. The molecular weight excluding hydrogens is 616 g/mol. The van der Waals surface area contributed by atoms with Crippen LogP contribution < -0.4 is 0 Å². The number of carboxylic acid groups (broad SMARTS) is 1. The summed E-state index contributed by atoms with van der Waals surface area (Å²) < 4.78 is 0. The molecule has 0 bridgehead atoms. The molecule has 7 heteroatoms. The van der Waals surface area contributed by atoms with E-state index in [2.05, 4.69) is 48.5 Å². The summed E-state index contributed by atoms with van der Waals surface area (Å²) >= 11 is -1.75. The second-order valence-corrected chi connectivity index (χ2v) is 23.8. The number of halogens is 3. The number of carbonyl (C=O) groups is 1. The average Bonchev–Trinajstić information content (AvgIpc) is 3.70. The summed E-state index contributed by atoms with van der Waals surface area (Å²) in [6.45, 7) is 19.3. The van der Waals surface area contributed by atoms with Crippen LogP contribution in [0, 0.1) is 68.0 Å². The Kier molecular flexibility index (Phi) is 8.13. The van der Waals surface area contributed by atoms with E-state index >= 15 is 0 Å². The number of fused-ring (bicyclic) bond motifs is 2. The van der Waals surface area contributed by atoms with E-state index in [-0.39, 0.29) is 5.41 Å². The molecule has 217 valence electrons. The molecule has 6 fully saturated rings. The quantitative estimate of drug-likeness (QED) is 0.278. The Balaban J connectivity index is 0.000000152. The number of aliphatic carboxylic acids is 1. The Labute approximate surface area is 243 Å². The van der Waals surface area contributed by atoms with E-state index in [9.17, 15) is 15.0 Å². The molecule has 0 aromatic carbocycles. The fourth-order valence-electron chi connectivity index (χ4n) is 8.97. The molecule has 0 amide bonds. The van der Waals surface area contributed by atoms with Crippen LogP contribution in [0.4, 0.5) is 0 Å². The molecule has 37 heavy (non-hydrogen) atoms. The Bertz CT molecular complexity index is 908. The van der Waals surface area contributed by atoms with Gasteiger partial charge >= 0.3 is 48.0 Å². The Morgan fingerprint density at radius 1 is 0.730 bits per heavy atom. The molecule has 10 atom stereocenters. The molecule has 0 aromatic heterocycles. The molecule has 0 saturated heterocycles. The van der Waals surface area contributed by atoms with Crippen LogP contribution in [0.5, 0.6) is 0 Å². The van der Waals surface area contributed by atoms with Crippen molar-refractivity contribution in [3.05, 3.63) is 0 Å². The average molecular weight is 666 g/mol. The van der Waals surface area contributed by atoms with E-state index in [0.717, 1.165) is 42.4 Å². The zero-order valence-electron chi connectivity index (χ0n) is 24.1. The number of rotatable bonds is 6. The molecule has 6 aliphatic rings. The van der Waals surface area contributed by atoms with Crippen LogP contribution in [0.15, 0.2) is 0 Å². The van der Waals surface area contributed by atoms with Crippen molar-refractivity contribution in [3.8, 4) is 0 Å². The van der Waals surface area contributed by atoms with Crippen LogP contribution in [0.1, 0.15) is 107 Å². The summed E-state index contributed by atoms with van der Waals surface area (Å²) in [6, 6.07) is 0. The van der Waals surface area contributed by atoms with Gasteiger partial charge in [-0.15, -0.1) is 0 Å². The fourth-order valence-corrected chi connectivity index (χ4v) is 8.97. The number of carboxylic acids is 1. The topological polar surface area (TPSA) is 57.5 Å². The third kappa shape index (κ3) is 5.33. The van der Waals surface area contributed by atoms with Gasteiger partial charge in [0, 0.05) is 6.61 Å². The Morgan fingerprint density at radius 3 is 1.41 bits per heavy atom. The summed E-state index contributed by atoms with van der Waals surface area (Å²) in [7, 11) is 14.8. The molecule has 6 aliphatic carbocycles. The maximum atomic E-state index is 11.2. The first-order valence-corrected chi connectivity index (χ1v) is 21.0. The minimum absolute atomic E-state index is 0.282. The number of aliphatic hydroxyl groups is 1. The van der Waals surface area contributed by atoms with E-state index in [1.165, 1.54) is 38.5 Å². The van der Waals surface area contributed by atoms with Crippen LogP contribution in [-0.4, -0.2) is 22.8 Å². The van der Waals surface area contributed by atoms with Gasteiger partial charge in [0.2, 0.25) is 0 Å². The Hall–Kier alpha value is 0.923. The molecule has 6 rings (SSSR count). The number of aliphatic hydroxyl groups excluding tert-OH is 1. The fraction of sp³-hybridized carbons (Fsp3) is 0.967. The van der Waals surface area contributed by atoms with Crippen LogP contribution in [0.2, 0.25) is 0 Å². The van der Waals surface area contributed by atoms with Gasteiger partial charge in [-0.25, -0.2) is 0 Å². The van der Waals surface area contributed by atoms with Crippen molar-refractivity contribution >= 4 is 35.0 Å². The summed E-state index contributed by atoms with van der Waals surface area (Å²) in [5.41, 5.74) is 2.05. The maximum absolute atomic E-state index is 11.2. The first kappa shape index (κ1) is 30.9. The molecule has 6 saturated carbocycles. The number of hydrogen-bond donors (Lipinski definition) is 2. The van der Waals surface area contributed by atoms with Gasteiger partial charge in [-0.2, -0.15) is 0 Å². The molecule has 0 heterocycles. The van der Waals surface area contributed by atoms with Crippen molar-refractivity contribution in [1.29, 1.82) is 0 Å². The van der Waals surface area contributed by atoms with Crippen molar-refractivity contribution in [3.63, 3.8) is 0 Å². The molecule has 0 aromatic rings. The van der Waals surface area contributed by atoms with Gasteiger partial charge in [-0.1, -0.05) is 48.5 Å². The van der Waals surface area contributed by atoms with E-state index in [1.54, 1.807) is 0 Å². The first-order valence-electron chi connectivity index (χ1n) is 14.3. The van der Waals surface area contributed by atoms with Crippen LogP contribution >= 0.6 is 29.1 Å². The second kappa shape index (κ2) is 9.75. The third-order valence-electron chi connectivity index (χ3n) is 13.9. The van der Waals surface area contributed by atoms with E-state index in [0.29, 0.717) is 34.2 Å². The normalized spacial score (nSPS) is 50.9. The van der Waals surface area contributed by atoms with Crippen molar-refractivity contribution < 1.29 is 28.0 Å². The van der Waals surface area contributed by atoms with E-state index in [1.807, 2.05) is 6.92 Å². The summed E-state index contributed by atoms with van der Waals surface area (Å²) in [5, 5.41) is 18.5. The molecule has 10 unspecified atom stereocenters. The van der Waals surface area contributed by atoms with Gasteiger partial charge in [-0.05, 0) is 121 Å². The summed E-state index contributed by atoms with van der Waals surface area (Å²) in [4.78, 5) is 11.2.